The van der Waals surface area contributed by atoms with E-state index in [1.165, 1.54) is 17.1 Å². The van der Waals surface area contributed by atoms with Crippen LogP contribution in [0.2, 0.25) is 0 Å². The Morgan fingerprint density at radius 1 is 0.962 bits per heavy atom. The predicted octanol–water partition coefficient (Wildman–Crippen LogP) is 1.07. The summed E-state index contributed by atoms with van der Waals surface area (Å²) in [4.78, 5) is 25.6. The maximum Gasteiger partial charge on any atom is 0.291 e. The van der Waals surface area contributed by atoms with Crippen molar-refractivity contribution in [3.63, 3.8) is 0 Å². The molecule has 3 aromatic rings. The molecule has 1 aromatic heterocycles. The Balaban J connectivity index is 1.39. The summed E-state index contributed by atoms with van der Waals surface area (Å²) >= 11 is 0. The van der Waals surface area contributed by atoms with E-state index in [-0.39, 0.29) is 12.5 Å². The Bertz CT molecular complexity index is 970. The van der Waals surface area contributed by atoms with E-state index in [1.54, 1.807) is 12.1 Å². The quantitative estimate of drug-likeness (QED) is 0.684. The zero-order chi connectivity index (χ0) is 17.9. The van der Waals surface area contributed by atoms with E-state index in [4.69, 9.17) is 9.47 Å². The molecule has 9 nitrogen and oxygen atoms in total. The first-order valence-electron chi connectivity index (χ1n) is 7.69. The van der Waals surface area contributed by atoms with Gasteiger partial charge in [0.15, 0.2) is 17.2 Å². The third-order valence-electron chi connectivity index (χ3n) is 3.64. The monoisotopic (exact) mass is 351 g/mol. The normalized spacial score (nSPS) is 11.8. The molecule has 0 saturated carbocycles. The van der Waals surface area contributed by atoms with Crippen LogP contribution in [-0.2, 0) is 0 Å². The van der Waals surface area contributed by atoms with Crippen LogP contribution >= 0.6 is 0 Å². The molecule has 2 heterocycles. The van der Waals surface area contributed by atoms with Gasteiger partial charge in [0.05, 0.1) is 11.9 Å². The number of fused-ring (bicyclic) bond motifs is 1. The molecule has 0 unspecified atom stereocenters. The number of amides is 2. The van der Waals surface area contributed by atoms with Crippen LogP contribution in [0.15, 0.2) is 54.7 Å². The van der Waals surface area contributed by atoms with Gasteiger partial charge in [0, 0.05) is 5.56 Å². The SMILES string of the molecule is O=C(NNC(=O)c1cnn(-c2ccccc2)n1)c1ccc2c(c1)OCO2. The topological polar surface area (TPSA) is 107 Å². The summed E-state index contributed by atoms with van der Waals surface area (Å²) in [7, 11) is 0. The van der Waals surface area contributed by atoms with Crippen molar-refractivity contribution in [2.75, 3.05) is 6.79 Å². The van der Waals surface area contributed by atoms with Crippen molar-refractivity contribution in [1.82, 2.24) is 25.8 Å². The van der Waals surface area contributed by atoms with Crippen LogP contribution in [0, 0.1) is 0 Å². The van der Waals surface area contributed by atoms with E-state index in [2.05, 4.69) is 21.0 Å². The van der Waals surface area contributed by atoms with Gasteiger partial charge in [-0.05, 0) is 30.3 Å². The molecule has 1 aliphatic rings. The van der Waals surface area contributed by atoms with Crippen LogP contribution in [0.25, 0.3) is 5.69 Å². The molecule has 1 aliphatic heterocycles. The zero-order valence-electron chi connectivity index (χ0n) is 13.4. The van der Waals surface area contributed by atoms with Crippen LogP contribution in [-0.4, -0.2) is 33.6 Å². The fraction of sp³-hybridized carbons (Fsp3) is 0.0588. The first-order valence-corrected chi connectivity index (χ1v) is 7.69. The molecule has 0 bridgehead atoms. The van der Waals surface area contributed by atoms with Crippen molar-refractivity contribution in [2.45, 2.75) is 0 Å². The molecule has 4 rings (SSSR count). The molecule has 2 aromatic carbocycles. The first-order chi connectivity index (χ1) is 12.7. The van der Waals surface area contributed by atoms with E-state index in [0.717, 1.165) is 5.69 Å². The summed E-state index contributed by atoms with van der Waals surface area (Å²) in [6, 6.07) is 13.9. The number of hydrazine groups is 1. The van der Waals surface area contributed by atoms with Gasteiger partial charge in [-0.3, -0.25) is 20.4 Å². The maximum absolute atomic E-state index is 12.1. The third kappa shape index (κ3) is 3.05. The predicted molar refractivity (Wildman–Crippen MR) is 88.9 cm³/mol. The minimum atomic E-state index is -0.582. The highest BCUT2D eigenvalue weighted by Crippen LogP contribution is 2.32. The second-order valence-corrected chi connectivity index (χ2v) is 5.33. The molecule has 0 aliphatic carbocycles. The van der Waals surface area contributed by atoms with Crippen molar-refractivity contribution in [2.24, 2.45) is 0 Å². The first kappa shape index (κ1) is 15.6. The van der Waals surface area contributed by atoms with Crippen molar-refractivity contribution < 1.29 is 19.1 Å². The van der Waals surface area contributed by atoms with E-state index in [9.17, 15) is 9.59 Å². The minimum absolute atomic E-state index is 0.0693. The second kappa shape index (κ2) is 6.55. The Kier molecular flexibility index (Phi) is 3.94. The fourth-order valence-corrected chi connectivity index (χ4v) is 2.34. The molecule has 0 saturated heterocycles. The fourth-order valence-electron chi connectivity index (χ4n) is 2.34. The number of hydrogen-bond donors (Lipinski definition) is 2. The number of aromatic nitrogens is 3. The van der Waals surface area contributed by atoms with Gasteiger partial charge in [-0.1, -0.05) is 18.2 Å². The number of rotatable bonds is 3. The number of nitrogens with zero attached hydrogens (tertiary/aromatic N) is 3. The largest absolute Gasteiger partial charge is 0.454 e. The van der Waals surface area contributed by atoms with Crippen molar-refractivity contribution in [3.8, 4) is 17.2 Å². The molecule has 130 valence electrons. The average molecular weight is 351 g/mol. The van der Waals surface area contributed by atoms with E-state index in [1.807, 2.05) is 30.3 Å². The Labute approximate surface area is 147 Å². The van der Waals surface area contributed by atoms with Crippen LogP contribution in [0.4, 0.5) is 0 Å². The molecule has 0 atom stereocenters. The zero-order valence-corrected chi connectivity index (χ0v) is 13.4. The van der Waals surface area contributed by atoms with Gasteiger partial charge in [0.1, 0.15) is 0 Å². The second-order valence-electron chi connectivity index (χ2n) is 5.33. The number of nitrogens with one attached hydrogen (secondary N) is 2. The standard InChI is InChI=1S/C17H13N5O4/c23-16(11-6-7-14-15(8-11)26-10-25-14)19-20-17(24)13-9-18-22(21-13)12-4-2-1-3-5-12/h1-9H,10H2,(H,19,23)(H,20,24). The van der Waals surface area contributed by atoms with Crippen LogP contribution in [0.3, 0.4) is 0 Å². The molecular formula is C17H13N5O4. The summed E-state index contributed by atoms with van der Waals surface area (Å²) in [5, 5.41) is 8.12. The molecule has 26 heavy (non-hydrogen) atoms. The third-order valence-corrected chi connectivity index (χ3v) is 3.64. The van der Waals surface area contributed by atoms with Gasteiger partial charge in [0.2, 0.25) is 6.79 Å². The number of ether oxygens (including phenoxy) is 2. The highest BCUT2D eigenvalue weighted by Gasteiger charge is 2.17. The summed E-state index contributed by atoms with van der Waals surface area (Å²) in [5.41, 5.74) is 5.74. The lowest BCUT2D eigenvalue weighted by Gasteiger charge is -2.06. The van der Waals surface area contributed by atoms with E-state index >= 15 is 0 Å². The van der Waals surface area contributed by atoms with Crippen molar-refractivity contribution in [1.29, 1.82) is 0 Å². The molecule has 0 spiro atoms. The average Bonchev–Trinajstić information content (AvgIpc) is 3.35. The lowest BCUT2D eigenvalue weighted by molar-refractivity contribution is 0.0843. The highest BCUT2D eigenvalue weighted by molar-refractivity contribution is 5.98. The minimum Gasteiger partial charge on any atom is -0.454 e. The Morgan fingerprint density at radius 3 is 2.58 bits per heavy atom. The summed E-state index contributed by atoms with van der Waals surface area (Å²) < 4.78 is 10.4. The Hall–Kier alpha value is -3.88. The highest BCUT2D eigenvalue weighted by atomic mass is 16.7. The number of hydrogen-bond acceptors (Lipinski definition) is 6. The number of carbonyl (C=O) groups is 2. The number of carbonyl (C=O) groups excluding carboxylic acids is 2. The van der Waals surface area contributed by atoms with Crippen molar-refractivity contribution >= 4 is 11.8 Å². The lowest BCUT2D eigenvalue weighted by atomic mass is 10.2. The van der Waals surface area contributed by atoms with Crippen LogP contribution in [0.5, 0.6) is 11.5 Å². The van der Waals surface area contributed by atoms with Crippen LogP contribution in [0.1, 0.15) is 20.8 Å². The Morgan fingerprint density at radius 2 is 1.73 bits per heavy atom. The van der Waals surface area contributed by atoms with E-state index < -0.39 is 11.8 Å². The summed E-state index contributed by atoms with van der Waals surface area (Å²) in [5.74, 6) is -0.0220. The lowest BCUT2D eigenvalue weighted by Crippen LogP contribution is -2.41. The van der Waals surface area contributed by atoms with Crippen LogP contribution < -0.4 is 20.3 Å². The molecule has 2 N–H and O–H groups in total. The molecule has 0 radical (unpaired) electrons. The molecule has 0 fully saturated rings. The maximum atomic E-state index is 12.1. The van der Waals surface area contributed by atoms with Gasteiger partial charge >= 0.3 is 0 Å². The summed E-state index contributed by atoms with van der Waals surface area (Å²) in [6.07, 6.45) is 1.31. The van der Waals surface area contributed by atoms with Gasteiger partial charge in [-0.15, -0.1) is 5.10 Å². The summed E-state index contributed by atoms with van der Waals surface area (Å²) in [6.45, 7) is 0.119. The van der Waals surface area contributed by atoms with Gasteiger partial charge in [-0.25, -0.2) is 0 Å². The van der Waals surface area contributed by atoms with Gasteiger partial charge in [-0.2, -0.15) is 9.90 Å². The smallest absolute Gasteiger partial charge is 0.291 e. The molecular weight excluding hydrogens is 338 g/mol. The van der Waals surface area contributed by atoms with Gasteiger partial charge in [0.25, 0.3) is 11.8 Å². The van der Waals surface area contributed by atoms with E-state index in [0.29, 0.717) is 17.1 Å². The number of benzene rings is 2. The number of para-hydroxylation sites is 1. The van der Waals surface area contributed by atoms with Gasteiger partial charge < -0.3 is 9.47 Å². The molecule has 2 amide bonds. The molecule has 9 heteroatoms. The van der Waals surface area contributed by atoms with Crippen molar-refractivity contribution in [3.05, 3.63) is 66.0 Å².